The Bertz CT molecular complexity index is 932. The Hall–Kier alpha value is -2.60. The average Bonchev–Trinajstić information content (AvgIpc) is 2.83. The molecule has 0 atom stereocenters. The molecule has 0 bridgehead atoms. The highest BCUT2D eigenvalue weighted by Gasteiger charge is 2.32. The Morgan fingerprint density at radius 3 is 2.44 bits per heavy atom. The Kier molecular flexibility index (Phi) is 4.90. The second-order valence-electron chi connectivity index (χ2n) is 5.63. The van der Waals surface area contributed by atoms with Crippen molar-refractivity contribution in [2.45, 2.75) is 20.4 Å². The van der Waals surface area contributed by atoms with Crippen molar-refractivity contribution < 1.29 is 13.2 Å². The first-order valence-electron chi connectivity index (χ1n) is 8.07. The van der Waals surface area contributed by atoms with Gasteiger partial charge in [-0.1, -0.05) is 48.5 Å². The van der Waals surface area contributed by atoms with E-state index in [0.717, 1.165) is 11.3 Å². The van der Waals surface area contributed by atoms with Crippen LogP contribution < -0.4 is 9.46 Å². The Balaban J connectivity index is 1.94. The molecule has 2 aromatic carbocycles. The molecule has 1 heterocycles. The third-order valence-corrected chi connectivity index (χ3v) is 5.45. The van der Waals surface area contributed by atoms with E-state index in [2.05, 4.69) is 9.71 Å². The van der Waals surface area contributed by atoms with Gasteiger partial charge in [-0.05, 0) is 25.5 Å². The van der Waals surface area contributed by atoms with E-state index in [1.54, 1.807) is 19.1 Å². The summed E-state index contributed by atoms with van der Waals surface area (Å²) in [4.78, 5) is 4.76. The van der Waals surface area contributed by atoms with Gasteiger partial charge in [-0.25, -0.2) is 8.42 Å². The van der Waals surface area contributed by atoms with Gasteiger partial charge in [0, 0.05) is 11.1 Å². The van der Waals surface area contributed by atoms with Gasteiger partial charge in [0.1, 0.15) is 16.5 Å². The van der Waals surface area contributed by atoms with Crippen LogP contribution in [0.15, 0.2) is 65.2 Å². The number of benzene rings is 2. The minimum Gasteiger partial charge on any atom is -0.494 e. The summed E-state index contributed by atoms with van der Waals surface area (Å²) in [6, 6.07) is 16.7. The summed E-state index contributed by atoms with van der Waals surface area (Å²) in [5, 5.41) is 0. The smallest absolute Gasteiger partial charge is 0.264 e. The van der Waals surface area contributed by atoms with E-state index in [1.807, 2.05) is 49.4 Å². The topological polar surface area (TPSA) is 67.8 Å². The lowest BCUT2D eigenvalue weighted by Gasteiger charge is -2.08. The molecular weight excluding hydrogens is 336 g/mol. The van der Waals surface area contributed by atoms with Crippen LogP contribution in [0.4, 0.5) is 0 Å². The maximum Gasteiger partial charge on any atom is 0.264 e. The van der Waals surface area contributed by atoms with Crippen LogP contribution in [0, 0.1) is 0 Å². The van der Waals surface area contributed by atoms with Crippen LogP contribution in [-0.4, -0.2) is 20.9 Å². The molecule has 0 aliphatic carbocycles. The molecular formula is C19H20N2O3S. The molecule has 2 aromatic rings. The van der Waals surface area contributed by atoms with E-state index in [0.29, 0.717) is 30.1 Å². The Morgan fingerprint density at radius 1 is 1.04 bits per heavy atom. The van der Waals surface area contributed by atoms with Crippen LogP contribution in [0.2, 0.25) is 0 Å². The molecule has 0 radical (unpaired) electrons. The van der Waals surface area contributed by atoms with Gasteiger partial charge in [-0.3, -0.25) is 9.71 Å². The molecule has 0 aromatic heterocycles. The highest BCUT2D eigenvalue weighted by Crippen LogP contribution is 2.30. The lowest BCUT2D eigenvalue weighted by Crippen LogP contribution is -2.23. The molecule has 1 N–H and O–H groups in total. The van der Waals surface area contributed by atoms with Gasteiger partial charge in [-0.2, -0.15) is 0 Å². The van der Waals surface area contributed by atoms with Crippen LogP contribution in [-0.2, 0) is 16.6 Å². The molecule has 6 heteroatoms. The van der Waals surface area contributed by atoms with E-state index in [9.17, 15) is 8.42 Å². The van der Waals surface area contributed by atoms with Crippen LogP contribution in [0.5, 0.6) is 5.75 Å². The van der Waals surface area contributed by atoms with Crippen LogP contribution in [0.3, 0.4) is 0 Å². The summed E-state index contributed by atoms with van der Waals surface area (Å²) in [6.45, 7) is 4.60. The zero-order chi connectivity index (χ0) is 17.9. The van der Waals surface area contributed by atoms with Gasteiger partial charge < -0.3 is 4.74 Å². The first kappa shape index (κ1) is 17.2. The van der Waals surface area contributed by atoms with Gasteiger partial charge in [0.05, 0.1) is 13.2 Å². The van der Waals surface area contributed by atoms with Crippen LogP contribution in [0.25, 0.3) is 4.91 Å². The molecule has 1 aliphatic heterocycles. The van der Waals surface area contributed by atoms with Gasteiger partial charge in [0.2, 0.25) is 0 Å². The molecule has 3 rings (SSSR count). The van der Waals surface area contributed by atoms with Crippen molar-refractivity contribution in [1.29, 1.82) is 0 Å². The number of ether oxygens (including phenoxy) is 1. The second kappa shape index (κ2) is 7.11. The maximum atomic E-state index is 12.5. The summed E-state index contributed by atoms with van der Waals surface area (Å²) in [6.07, 6.45) is 0. The molecule has 0 spiro atoms. The normalized spacial score (nSPS) is 17.6. The van der Waals surface area contributed by atoms with Gasteiger partial charge in [-0.15, -0.1) is 0 Å². The summed E-state index contributed by atoms with van der Waals surface area (Å²) in [5.41, 5.74) is 2.20. The highest BCUT2D eigenvalue weighted by atomic mass is 32.2. The molecule has 0 fully saturated rings. The van der Waals surface area contributed by atoms with E-state index in [-0.39, 0.29) is 4.91 Å². The number of amidine groups is 1. The fraction of sp³-hybridized carbons (Fsp3) is 0.211. The SMILES string of the molecule is CCOc1ccccc1CN=C1NS(=O)(=O)C(c2ccccc2)=C1C. The van der Waals surface area contributed by atoms with Gasteiger partial charge >= 0.3 is 0 Å². The van der Waals surface area contributed by atoms with Gasteiger partial charge in [0.15, 0.2) is 0 Å². The van der Waals surface area contributed by atoms with Crippen molar-refractivity contribution >= 4 is 20.8 Å². The van der Waals surface area contributed by atoms with E-state index in [4.69, 9.17) is 4.74 Å². The molecule has 0 unspecified atom stereocenters. The van der Waals surface area contributed by atoms with Crippen molar-refractivity contribution in [3.05, 3.63) is 71.3 Å². The number of hydrogen-bond acceptors (Lipinski definition) is 4. The second-order valence-corrected chi connectivity index (χ2v) is 7.25. The number of rotatable bonds is 5. The Labute approximate surface area is 148 Å². The first-order valence-corrected chi connectivity index (χ1v) is 9.56. The van der Waals surface area contributed by atoms with E-state index in [1.165, 1.54) is 0 Å². The predicted molar refractivity (Wildman–Crippen MR) is 99.8 cm³/mol. The summed E-state index contributed by atoms with van der Waals surface area (Å²) in [7, 11) is -3.60. The summed E-state index contributed by atoms with van der Waals surface area (Å²) in [5.74, 6) is 1.14. The number of hydrogen-bond donors (Lipinski definition) is 1. The zero-order valence-electron chi connectivity index (χ0n) is 14.2. The lowest BCUT2D eigenvalue weighted by molar-refractivity contribution is 0.336. The van der Waals surface area contributed by atoms with Crippen LogP contribution in [0.1, 0.15) is 25.0 Å². The molecule has 5 nitrogen and oxygen atoms in total. The minimum atomic E-state index is -3.60. The fourth-order valence-electron chi connectivity index (χ4n) is 2.77. The molecule has 0 amide bonds. The zero-order valence-corrected chi connectivity index (χ0v) is 15.0. The van der Waals surface area contributed by atoms with Crippen molar-refractivity contribution in [2.75, 3.05) is 6.61 Å². The molecule has 1 aliphatic rings. The monoisotopic (exact) mass is 356 g/mol. The largest absolute Gasteiger partial charge is 0.494 e. The number of nitrogens with zero attached hydrogens (tertiary/aromatic N) is 1. The summed E-state index contributed by atoms with van der Waals surface area (Å²) >= 11 is 0. The number of para-hydroxylation sites is 1. The van der Waals surface area contributed by atoms with Gasteiger partial charge in [0.25, 0.3) is 10.0 Å². The van der Waals surface area contributed by atoms with Crippen LogP contribution >= 0.6 is 0 Å². The van der Waals surface area contributed by atoms with Crippen molar-refractivity contribution in [3.63, 3.8) is 0 Å². The maximum absolute atomic E-state index is 12.5. The highest BCUT2D eigenvalue weighted by molar-refractivity contribution is 8.00. The fourth-order valence-corrected chi connectivity index (χ4v) is 4.29. The number of nitrogens with one attached hydrogen (secondary N) is 1. The number of aliphatic imine (C=N–C) groups is 1. The average molecular weight is 356 g/mol. The third kappa shape index (κ3) is 3.58. The quantitative estimate of drug-likeness (QED) is 0.893. The van der Waals surface area contributed by atoms with E-state index >= 15 is 0 Å². The lowest BCUT2D eigenvalue weighted by atomic mass is 10.1. The molecule has 130 valence electrons. The molecule has 25 heavy (non-hydrogen) atoms. The minimum absolute atomic E-state index is 0.282. The van der Waals surface area contributed by atoms with E-state index < -0.39 is 10.0 Å². The standard InChI is InChI=1S/C19H20N2O3S/c1-3-24-17-12-8-7-11-16(17)13-20-19-14(2)18(25(22,23)21-19)15-9-5-4-6-10-15/h4-12H,3,13H2,1-2H3,(H,20,21). The van der Waals surface area contributed by atoms with Crippen molar-refractivity contribution in [1.82, 2.24) is 4.72 Å². The van der Waals surface area contributed by atoms with Crippen molar-refractivity contribution in [2.24, 2.45) is 4.99 Å². The number of sulfonamides is 1. The molecule has 0 saturated heterocycles. The predicted octanol–water partition coefficient (Wildman–Crippen LogP) is 3.35. The first-order chi connectivity index (χ1) is 12.0. The third-order valence-electron chi connectivity index (χ3n) is 3.91. The Morgan fingerprint density at radius 2 is 1.72 bits per heavy atom. The molecule has 0 saturated carbocycles. The van der Waals surface area contributed by atoms with Crippen molar-refractivity contribution in [3.8, 4) is 5.75 Å². The summed E-state index contributed by atoms with van der Waals surface area (Å²) < 4.78 is 33.1.